The van der Waals surface area contributed by atoms with E-state index in [9.17, 15) is 0 Å². The second-order valence-electron chi connectivity index (χ2n) is 5.18. The lowest BCUT2D eigenvalue weighted by Crippen LogP contribution is -1.86. The van der Waals surface area contributed by atoms with Crippen LogP contribution in [0.15, 0.2) is 36.4 Å². The van der Waals surface area contributed by atoms with Crippen molar-refractivity contribution in [1.29, 1.82) is 0 Å². The predicted molar refractivity (Wildman–Crippen MR) is 81.3 cm³/mol. The Morgan fingerprint density at radius 1 is 0.500 bits per heavy atom. The van der Waals surface area contributed by atoms with E-state index in [0.717, 1.165) is 0 Å². The largest absolute Gasteiger partial charge is 0.0591 e. The molecule has 0 spiro atoms. The number of rotatable bonds is 0. The fourth-order valence-electron chi connectivity index (χ4n) is 1.89. The normalized spacial score (nSPS) is 9.67. The van der Waals surface area contributed by atoms with Gasteiger partial charge in [-0.2, -0.15) is 0 Å². The van der Waals surface area contributed by atoms with E-state index < -0.39 is 0 Å². The molecule has 0 aliphatic heterocycles. The highest BCUT2D eigenvalue weighted by Gasteiger charge is 1.95. The first-order valence-corrected chi connectivity index (χ1v) is 6.48. The molecule has 2 aromatic carbocycles. The first-order chi connectivity index (χ1) is 8.40. The summed E-state index contributed by atoms with van der Waals surface area (Å²) in [7, 11) is 0. The smallest absolute Gasteiger partial charge is 0.0392 e. The molecule has 0 N–H and O–H groups in total. The monoisotopic (exact) mass is 240 g/mol. The molecule has 0 bridgehead atoms. The quantitative estimate of drug-likeness (QED) is 0.592. The van der Waals surface area contributed by atoms with Gasteiger partial charge in [0.25, 0.3) is 0 Å². The standard InChI is InChI=1S/C10H14.C8H10/c1-7-5-8(2)10(4)9(3)6-7;1-7-3-5-8(2)6-4-7/h5-6H,1-4H3;3-6H,1-2H3. The van der Waals surface area contributed by atoms with Gasteiger partial charge in [0.1, 0.15) is 0 Å². The third kappa shape index (κ3) is 4.37. The lowest BCUT2D eigenvalue weighted by molar-refractivity contribution is 1.23. The van der Waals surface area contributed by atoms with E-state index in [1.165, 1.54) is 33.4 Å². The molecule has 0 saturated heterocycles. The van der Waals surface area contributed by atoms with Crippen molar-refractivity contribution in [2.75, 3.05) is 0 Å². The molecule has 0 aromatic heterocycles. The van der Waals surface area contributed by atoms with Crippen molar-refractivity contribution < 1.29 is 0 Å². The first-order valence-electron chi connectivity index (χ1n) is 6.48. The molecule has 0 nitrogen and oxygen atoms in total. The molecular weight excluding hydrogens is 216 g/mol. The molecule has 0 amide bonds. The van der Waals surface area contributed by atoms with Crippen molar-refractivity contribution >= 4 is 0 Å². The summed E-state index contributed by atoms with van der Waals surface area (Å²) in [5, 5.41) is 0. The zero-order chi connectivity index (χ0) is 13.7. The van der Waals surface area contributed by atoms with E-state index in [0.29, 0.717) is 0 Å². The van der Waals surface area contributed by atoms with Crippen molar-refractivity contribution in [1.82, 2.24) is 0 Å². The second-order valence-corrected chi connectivity index (χ2v) is 5.18. The zero-order valence-electron chi connectivity index (χ0n) is 12.5. The van der Waals surface area contributed by atoms with Crippen LogP contribution in [0.4, 0.5) is 0 Å². The highest BCUT2D eigenvalue weighted by molar-refractivity contribution is 5.36. The van der Waals surface area contributed by atoms with Crippen molar-refractivity contribution in [2.45, 2.75) is 41.5 Å². The van der Waals surface area contributed by atoms with Gasteiger partial charge in [-0.3, -0.25) is 0 Å². The Bertz CT molecular complexity index is 460. The highest BCUT2D eigenvalue weighted by atomic mass is 14.0. The van der Waals surface area contributed by atoms with E-state index in [4.69, 9.17) is 0 Å². The molecule has 96 valence electrons. The van der Waals surface area contributed by atoms with Gasteiger partial charge in [0.2, 0.25) is 0 Å². The Hall–Kier alpha value is -1.56. The molecule has 0 atom stereocenters. The van der Waals surface area contributed by atoms with Crippen LogP contribution >= 0.6 is 0 Å². The summed E-state index contributed by atoms with van der Waals surface area (Å²) in [6, 6.07) is 12.9. The fourth-order valence-corrected chi connectivity index (χ4v) is 1.89. The van der Waals surface area contributed by atoms with Crippen LogP contribution in [0.3, 0.4) is 0 Å². The molecule has 2 rings (SSSR count). The summed E-state index contributed by atoms with van der Waals surface area (Å²) in [5.74, 6) is 0. The minimum absolute atomic E-state index is 1.33. The SMILES string of the molecule is Cc1cc(C)c(C)c(C)c1.Cc1ccc(C)cc1. The first kappa shape index (κ1) is 14.5. The summed E-state index contributed by atoms with van der Waals surface area (Å²) in [5.41, 5.74) is 8.24. The van der Waals surface area contributed by atoms with E-state index in [-0.39, 0.29) is 0 Å². The minimum Gasteiger partial charge on any atom is -0.0591 e. The molecule has 0 heteroatoms. The van der Waals surface area contributed by atoms with Crippen LogP contribution in [0.2, 0.25) is 0 Å². The van der Waals surface area contributed by atoms with Crippen molar-refractivity contribution in [2.24, 2.45) is 0 Å². The van der Waals surface area contributed by atoms with E-state index in [2.05, 4.69) is 77.9 Å². The van der Waals surface area contributed by atoms with E-state index >= 15 is 0 Å². The maximum Gasteiger partial charge on any atom is -0.0392 e. The van der Waals surface area contributed by atoms with Crippen LogP contribution in [0.5, 0.6) is 0 Å². The van der Waals surface area contributed by atoms with Crippen molar-refractivity contribution in [3.8, 4) is 0 Å². The second kappa shape index (κ2) is 6.39. The molecule has 0 aliphatic rings. The van der Waals surface area contributed by atoms with Crippen molar-refractivity contribution in [3.05, 3.63) is 69.8 Å². The Kier molecular flexibility index (Phi) is 5.15. The maximum atomic E-state index is 2.22. The lowest BCUT2D eigenvalue weighted by atomic mass is 10.0. The van der Waals surface area contributed by atoms with Gasteiger partial charge >= 0.3 is 0 Å². The molecule has 0 unspecified atom stereocenters. The third-order valence-electron chi connectivity index (χ3n) is 3.29. The maximum absolute atomic E-state index is 2.22. The Labute approximate surface area is 112 Å². The van der Waals surface area contributed by atoms with Crippen LogP contribution in [-0.4, -0.2) is 0 Å². The summed E-state index contributed by atoms with van der Waals surface area (Å²) >= 11 is 0. The van der Waals surface area contributed by atoms with Crippen LogP contribution in [0, 0.1) is 41.5 Å². The number of hydrogen-bond donors (Lipinski definition) is 0. The predicted octanol–water partition coefficient (Wildman–Crippen LogP) is 5.22. The third-order valence-corrected chi connectivity index (χ3v) is 3.29. The average molecular weight is 240 g/mol. The molecular formula is C18H24. The van der Waals surface area contributed by atoms with E-state index in [1.807, 2.05) is 0 Å². The topological polar surface area (TPSA) is 0 Å². The van der Waals surface area contributed by atoms with Crippen LogP contribution in [0.1, 0.15) is 33.4 Å². The fraction of sp³-hybridized carbons (Fsp3) is 0.333. The summed E-state index contributed by atoms with van der Waals surface area (Å²) in [6.07, 6.45) is 0. The van der Waals surface area contributed by atoms with Gasteiger partial charge < -0.3 is 0 Å². The van der Waals surface area contributed by atoms with Crippen LogP contribution in [-0.2, 0) is 0 Å². The zero-order valence-corrected chi connectivity index (χ0v) is 12.5. The lowest BCUT2D eigenvalue weighted by Gasteiger charge is -2.04. The molecule has 0 radical (unpaired) electrons. The van der Waals surface area contributed by atoms with E-state index in [1.54, 1.807) is 0 Å². The summed E-state index contributed by atoms with van der Waals surface area (Å²) in [4.78, 5) is 0. The van der Waals surface area contributed by atoms with Gasteiger partial charge in [-0.15, -0.1) is 0 Å². The van der Waals surface area contributed by atoms with Crippen LogP contribution < -0.4 is 0 Å². The average Bonchev–Trinajstić information content (AvgIpc) is 2.31. The van der Waals surface area contributed by atoms with Crippen LogP contribution in [0.25, 0.3) is 0 Å². The molecule has 0 heterocycles. The van der Waals surface area contributed by atoms with Gasteiger partial charge in [-0.05, 0) is 58.2 Å². The number of aryl methyl sites for hydroxylation is 5. The number of hydrogen-bond acceptors (Lipinski definition) is 0. The summed E-state index contributed by atoms with van der Waals surface area (Å²) < 4.78 is 0. The Morgan fingerprint density at radius 2 is 0.833 bits per heavy atom. The molecule has 0 saturated carbocycles. The van der Waals surface area contributed by atoms with Gasteiger partial charge in [0, 0.05) is 0 Å². The Morgan fingerprint density at radius 3 is 1.17 bits per heavy atom. The summed E-state index contributed by atoms with van der Waals surface area (Å²) in [6.45, 7) is 12.8. The van der Waals surface area contributed by atoms with Crippen molar-refractivity contribution in [3.63, 3.8) is 0 Å². The van der Waals surface area contributed by atoms with Gasteiger partial charge in [-0.1, -0.05) is 53.1 Å². The minimum atomic E-state index is 1.33. The van der Waals surface area contributed by atoms with Gasteiger partial charge in [0.05, 0.1) is 0 Å². The Balaban J connectivity index is 0.000000184. The van der Waals surface area contributed by atoms with Gasteiger partial charge in [0.15, 0.2) is 0 Å². The molecule has 0 aliphatic carbocycles. The number of benzene rings is 2. The molecule has 2 aromatic rings. The molecule has 0 fully saturated rings. The highest BCUT2D eigenvalue weighted by Crippen LogP contribution is 2.13. The molecule has 18 heavy (non-hydrogen) atoms. The van der Waals surface area contributed by atoms with Gasteiger partial charge in [-0.25, -0.2) is 0 Å².